The first-order valence-corrected chi connectivity index (χ1v) is 10.6. The van der Waals surface area contributed by atoms with Gasteiger partial charge in [-0.2, -0.15) is 0 Å². The minimum absolute atomic E-state index is 0.777. The van der Waals surface area contributed by atoms with Crippen molar-refractivity contribution < 1.29 is 79.9 Å². The van der Waals surface area contributed by atoms with Gasteiger partial charge in [-0.05, 0) is 0 Å². The van der Waals surface area contributed by atoms with Gasteiger partial charge in [0.1, 0.15) is 73.8 Å². The summed E-state index contributed by atoms with van der Waals surface area (Å²) in [5, 5.41) is 109. The Labute approximate surface area is 192 Å². The van der Waals surface area contributed by atoms with Gasteiger partial charge in [-0.25, -0.2) is 0 Å². The molecule has 3 rings (SSSR count). The number of aliphatic hydroxyl groups is 11. The minimum atomic E-state index is -2.43. The molecule has 0 aromatic carbocycles. The molecule has 14 atom stereocenters. The quantitative estimate of drug-likeness (QED) is 0.146. The molecule has 0 radical (unpaired) electrons. The molecule has 200 valence electrons. The summed E-state index contributed by atoms with van der Waals surface area (Å²) < 4.78 is 27.0. The van der Waals surface area contributed by atoms with E-state index in [1.807, 2.05) is 0 Å². The highest BCUT2D eigenvalue weighted by Gasteiger charge is 2.61. The highest BCUT2D eigenvalue weighted by atomic mass is 16.8. The zero-order valence-corrected chi connectivity index (χ0v) is 17.8. The molecule has 16 nitrogen and oxygen atoms in total. The Kier molecular flexibility index (Phi) is 9.18. The highest BCUT2D eigenvalue weighted by Crippen LogP contribution is 2.39. The molecular weight excluding hydrogens is 472 g/mol. The van der Waals surface area contributed by atoms with Crippen LogP contribution in [0.15, 0.2) is 0 Å². The lowest BCUT2D eigenvalue weighted by Gasteiger charge is -2.45. The Morgan fingerprint density at radius 1 is 0.559 bits per heavy atom. The first kappa shape index (κ1) is 27.9. The van der Waals surface area contributed by atoms with Gasteiger partial charge in [0.15, 0.2) is 12.6 Å². The Balaban J connectivity index is 1.87. The van der Waals surface area contributed by atoms with Crippen LogP contribution in [-0.4, -0.2) is 168 Å². The molecule has 0 saturated carbocycles. The van der Waals surface area contributed by atoms with E-state index < -0.39 is 112 Å². The van der Waals surface area contributed by atoms with Gasteiger partial charge < -0.3 is 79.9 Å². The number of ether oxygens (including phenoxy) is 5. The smallest absolute Gasteiger partial charge is 0.224 e. The van der Waals surface area contributed by atoms with Crippen molar-refractivity contribution in [1.29, 1.82) is 0 Å². The van der Waals surface area contributed by atoms with Gasteiger partial charge in [0.25, 0.3) is 0 Å². The molecule has 3 saturated heterocycles. The predicted octanol–water partition coefficient (Wildman–Crippen LogP) is -7.57. The lowest BCUT2D eigenvalue weighted by atomic mass is 9.98. The van der Waals surface area contributed by atoms with E-state index in [4.69, 9.17) is 23.7 Å². The van der Waals surface area contributed by atoms with Crippen LogP contribution in [0.25, 0.3) is 0 Å². The van der Waals surface area contributed by atoms with Crippen LogP contribution >= 0.6 is 0 Å². The highest BCUT2D eigenvalue weighted by molar-refractivity contribution is 5.01. The van der Waals surface area contributed by atoms with Gasteiger partial charge in [0.2, 0.25) is 5.79 Å². The van der Waals surface area contributed by atoms with E-state index in [9.17, 15) is 56.2 Å². The molecule has 3 heterocycles. The van der Waals surface area contributed by atoms with Crippen molar-refractivity contribution in [2.75, 3.05) is 26.4 Å². The normalized spacial score (nSPS) is 52.1. The molecule has 11 N–H and O–H groups in total. The van der Waals surface area contributed by atoms with Crippen molar-refractivity contribution in [2.24, 2.45) is 0 Å². The number of hydrogen-bond donors (Lipinski definition) is 11. The molecule has 0 spiro atoms. The second-order valence-electron chi connectivity index (χ2n) is 8.37. The summed E-state index contributed by atoms with van der Waals surface area (Å²) in [7, 11) is 0. The minimum Gasteiger partial charge on any atom is -0.394 e. The molecule has 0 amide bonds. The molecule has 3 aliphatic rings. The van der Waals surface area contributed by atoms with E-state index >= 15 is 0 Å². The maximum atomic E-state index is 10.6. The van der Waals surface area contributed by atoms with E-state index in [0.717, 1.165) is 0 Å². The largest absolute Gasteiger partial charge is 0.394 e. The summed E-state index contributed by atoms with van der Waals surface area (Å²) in [4.78, 5) is 0. The molecule has 3 aliphatic heterocycles. The topological polar surface area (TPSA) is 269 Å². The third-order valence-corrected chi connectivity index (χ3v) is 6.17. The predicted molar refractivity (Wildman–Crippen MR) is 101 cm³/mol. The Morgan fingerprint density at radius 3 is 1.50 bits per heavy atom. The molecule has 0 aromatic heterocycles. The zero-order valence-electron chi connectivity index (χ0n) is 17.8. The average molecular weight is 504 g/mol. The second kappa shape index (κ2) is 11.2. The first-order chi connectivity index (χ1) is 16.0. The number of aliphatic hydroxyl groups excluding tert-OH is 11. The lowest BCUT2D eigenvalue weighted by molar-refractivity contribution is -0.400. The van der Waals surface area contributed by atoms with Gasteiger partial charge in [-0.15, -0.1) is 0 Å². The van der Waals surface area contributed by atoms with Gasteiger partial charge in [0, 0.05) is 0 Å². The second-order valence-corrected chi connectivity index (χ2v) is 8.37. The van der Waals surface area contributed by atoms with Crippen molar-refractivity contribution in [2.45, 2.75) is 85.5 Å². The maximum absolute atomic E-state index is 10.6. The summed E-state index contributed by atoms with van der Waals surface area (Å²) in [5.74, 6) is -2.43. The molecule has 0 bridgehead atoms. The molecular formula is C18H32O16. The van der Waals surface area contributed by atoms with Gasteiger partial charge in [-0.1, -0.05) is 0 Å². The van der Waals surface area contributed by atoms with Gasteiger partial charge in [0.05, 0.1) is 19.8 Å². The summed E-state index contributed by atoms with van der Waals surface area (Å²) in [6, 6.07) is 0. The molecule has 0 aromatic rings. The summed E-state index contributed by atoms with van der Waals surface area (Å²) >= 11 is 0. The SMILES string of the molecule is OC[C@@H]1O[C@@](CO)(O[C@H]2O[C@@H](CO)[C@@H](O)[C@@H](O)[C@H]2O)[C@H](O[C@@H]2O[C@H](CO)[C@H](O)[C@H](O)[C@@H]2O)[C@@H]1O. The zero-order chi connectivity index (χ0) is 25.4. The molecule has 0 aliphatic carbocycles. The van der Waals surface area contributed by atoms with E-state index in [2.05, 4.69) is 0 Å². The molecule has 0 unspecified atom stereocenters. The van der Waals surface area contributed by atoms with E-state index in [0.29, 0.717) is 0 Å². The van der Waals surface area contributed by atoms with Gasteiger partial charge in [-0.3, -0.25) is 0 Å². The molecule has 3 fully saturated rings. The van der Waals surface area contributed by atoms with Crippen molar-refractivity contribution in [3.63, 3.8) is 0 Å². The van der Waals surface area contributed by atoms with Crippen molar-refractivity contribution in [3.05, 3.63) is 0 Å². The first-order valence-electron chi connectivity index (χ1n) is 10.6. The standard InChI is InChI=1S/C18H32O16/c19-1-5-8(23)11(26)13(28)16(30-5)32-15-10(25)7(3-21)33-18(15,4-22)34-17-14(29)12(27)9(24)6(2-20)31-17/h5-17,19-29H,1-4H2/t5-,6+,7+,8+,9-,10-,11+,12-,13+,14-,15-,16+,17-,18+/m1/s1. The lowest BCUT2D eigenvalue weighted by Crippen LogP contribution is -2.64. The van der Waals surface area contributed by atoms with Crippen LogP contribution in [0.3, 0.4) is 0 Å². The van der Waals surface area contributed by atoms with Gasteiger partial charge >= 0.3 is 0 Å². The van der Waals surface area contributed by atoms with Crippen molar-refractivity contribution in [1.82, 2.24) is 0 Å². The van der Waals surface area contributed by atoms with E-state index in [-0.39, 0.29) is 0 Å². The Morgan fingerprint density at radius 2 is 1.03 bits per heavy atom. The van der Waals surface area contributed by atoms with Crippen LogP contribution in [-0.2, 0) is 23.7 Å². The molecule has 16 heteroatoms. The fourth-order valence-corrected chi connectivity index (χ4v) is 4.12. The van der Waals surface area contributed by atoms with Crippen LogP contribution < -0.4 is 0 Å². The van der Waals surface area contributed by atoms with Crippen LogP contribution in [0.4, 0.5) is 0 Å². The monoisotopic (exact) mass is 504 g/mol. The fourth-order valence-electron chi connectivity index (χ4n) is 4.12. The average Bonchev–Trinajstić information content (AvgIpc) is 3.10. The van der Waals surface area contributed by atoms with Crippen molar-refractivity contribution in [3.8, 4) is 0 Å². The van der Waals surface area contributed by atoms with Crippen LogP contribution in [0, 0.1) is 0 Å². The van der Waals surface area contributed by atoms with Crippen LogP contribution in [0.2, 0.25) is 0 Å². The van der Waals surface area contributed by atoms with E-state index in [1.165, 1.54) is 0 Å². The third-order valence-electron chi connectivity index (χ3n) is 6.17. The Hall–Kier alpha value is -0.640. The fraction of sp³-hybridized carbons (Fsp3) is 1.00. The third kappa shape index (κ3) is 4.96. The Bertz CT molecular complexity index is 651. The van der Waals surface area contributed by atoms with E-state index in [1.54, 1.807) is 0 Å². The summed E-state index contributed by atoms with van der Waals surface area (Å²) in [6.45, 7) is -3.49. The summed E-state index contributed by atoms with van der Waals surface area (Å²) in [5.41, 5.74) is 0. The van der Waals surface area contributed by atoms with Crippen LogP contribution in [0.5, 0.6) is 0 Å². The van der Waals surface area contributed by atoms with Crippen LogP contribution in [0.1, 0.15) is 0 Å². The van der Waals surface area contributed by atoms with Crippen molar-refractivity contribution >= 4 is 0 Å². The number of rotatable bonds is 8. The number of hydrogen-bond acceptors (Lipinski definition) is 16. The molecule has 34 heavy (non-hydrogen) atoms. The summed E-state index contributed by atoms with van der Waals surface area (Å²) in [6.07, 6.45) is -22.3. The maximum Gasteiger partial charge on any atom is 0.224 e.